The van der Waals surface area contributed by atoms with Crippen molar-refractivity contribution in [3.8, 4) is 0 Å². The van der Waals surface area contributed by atoms with Gasteiger partial charge in [-0.1, -0.05) is 0 Å². The summed E-state index contributed by atoms with van der Waals surface area (Å²) in [5.74, 6) is -6.48. The molecule has 0 radical (unpaired) electrons. The van der Waals surface area contributed by atoms with Gasteiger partial charge in [0.2, 0.25) is 16.4 Å². The summed E-state index contributed by atoms with van der Waals surface area (Å²) >= 11 is 0. The number of carboxylic acid groups (broad SMARTS) is 1. The molecule has 2 aliphatic heterocycles. The molecule has 0 aromatic carbocycles. The number of carbonyl (C=O) groups is 1. The lowest BCUT2D eigenvalue weighted by Gasteiger charge is -2.55. The van der Waals surface area contributed by atoms with E-state index in [0.29, 0.717) is 6.08 Å². The monoisotopic (exact) mass is 417 g/mol. The van der Waals surface area contributed by atoms with Crippen molar-refractivity contribution in [1.82, 2.24) is 0 Å². The van der Waals surface area contributed by atoms with Crippen LogP contribution in [0.4, 0.5) is 0 Å². The summed E-state index contributed by atoms with van der Waals surface area (Å²) in [7, 11) is -5.70. The number of ether oxygens (including phenoxy) is 2. The summed E-state index contributed by atoms with van der Waals surface area (Å²) in [6.45, 7) is -1.10. The molecule has 15 heteroatoms. The van der Waals surface area contributed by atoms with Crippen molar-refractivity contribution < 1.29 is 63.0 Å². The topological polar surface area (TPSA) is 258 Å². The molecule has 0 aliphatic carbocycles. The van der Waals surface area contributed by atoms with Gasteiger partial charge in [-0.15, -0.1) is 0 Å². The van der Waals surface area contributed by atoms with Crippen molar-refractivity contribution in [2.45, 2.75) is 47.3 Å². The highest BCUT2D eigenvalue weighted by molar-refractivity contribution is 7.87. The van der Waals surface area contributed by atoms with Crippen LogP contribution >= 0.6 is 0 Å². The zero-order chi connectivity index (χ0) is 20.9. The third kappa shape index (κ3) is 3.11. The molecule has 2 rings (SSSR count). The Morgan fingerprint density at radius 1 is 1.22 bits per heavy atom. The first-order chi connectivity index (χ1) is 12.2. The Kier molecular flexibility index (Phi) is 5.59. The van der Waals surface area contributed by atoms with Crippen LogP contribution in [0.3, 0.4) is 0 Å². The van der Waals surface area contributed by atoms with Gasteiger partial charge in [-0.3, -0.25) is 4.55 Å². The van der Waals surface area contributed by atoms with Crippen molar-refractivity contribution >= 4 is 16.1 Å². The number of carboxylic acids is 1. The molecular weight excluding hydrogens is 398 g/mol. The molecule has 0 aromatic rings. The van der Waals surface area contributed by atoms with E-state index in [0.717, 1.165) is 0 Å². The van der Waals surface area contributed by atoms with Crippen LogP contribution in [0.25, 0.3) is 0 Å². The van der Waals surface area contributed by atoms with Gasteiger partial charge < -0.3 is 51.0 Å². The highest BCUT2D eigenvalue weighted by Crippen LogP contribution is 2.44. The largest absolute Gasteiger partial charge is 0.475 e. The molecule has 10 N–H and O–H groups in total. The summed E-state index contributed by atoms with van der Waals surface area (Å²) in [6.07, 6.45) is -13.1. The summed E-state index contributed by atoms with van der Waals surface area (Å²) in [5, 5.41) is 68.9. The molecule has 0 bridgehead atoms. The zero-order valence-electron chi connectivity index (χ0n) is 13.4. The van der Waals surface area contributed by atoms with Crippen LogP contribution in [0.1, 0.15) is 0 Å². The van der Waals surface area contributed by atoms with E-state index in [-0.39, 0.29) is 0 Å². The van der Waals surface area contributed by atoms with E-state index >= 15 is 0 Å². The van der Waals surface area contributed by atoms with Crippen LogP contribution < -0.4 is 5.73 Å². The van der Waals surface area contributed by atoms with E-state index in [9.17, 15) is 48.4 Å². The van der Waals surface area contributed by atoms with Crippen molar-refractivity contribution in [3.05, 3.63) is 11.8 Å². The summed E-state index contributed by atoms with van der Waals surface area (Å²) in [6, 6.07) is 0. The van der Waals surface area contributed by atoms with E-state index in [4.69, 9.17) is 20.3 Å². The molecule has 1 saturated heterocycles. The molecule has 2 unspecified atom stereocenters. The highest BCUT2D eigenvalue weighted by Gasteiger charge is 2.74. The maximum Gasteiger partial charge on any atom is 0.370 e. The highest BCUT2D eigenvalue weighted by atomic mass is 32.2. The van der Waals surface area contributed by atoms with Gasteiger partial charge in [0.05, 0.1) is 6.61 Å². The first-order valence-corrected chi connectivity index (χ1v) is 8.77. The normalized spacial score (nSPS) is 45.7. The molecule has 27 heavy (non-hydrogen) atoms. The van der Waals surface area contributed by atoms with Crippen LogP contribution in [-0.2, 0) is 24.4 Å². The molecular formula is C12H19NO13S. The maximum absolute atomic E-state index is 11.8. The van der Waals surface area contributed by atoms with Crippen LogP contribution in [-0.4, -0.2) is 109 Å². The Morgan fingerprint density at radius 2 is 1.78 bits per heavy atom. The van der Waals surface area contributed by atoms with Crippen LogP contribution in [0.15, 0.2) is 11.8 Å². The molecule has 14 nitrogen and oxygen atoms in total. The van der Waals surface area contributed by atoms with Crippen molar-refractivity contribution in [1.29, 1.82) is 0 Å². The van der Waals surface area contributed by atoms with Gasteiger partial charge in [0.15, 0.2) is 6.10 Å². The number of nitrogens with two attached hydrogens (primary N) is 1. The standard InChI is InChI=1S/C12H19NO13S/c13-11(27(22,23)24)8(18)7(17)5(2-14)26-12(11,21)9-6(16)3(15)1-4(25-9)10(19)20/h1,3,5-9,14-18,21H,2,13H2,(H,19,20)(H,22,23,24)/t3-,5+,6+,7+,8-,9?,11-,12?/m0/s1. The van der Waals surface area contributed by atoms with E-state index in [1.54, 1.807) is 0 Å². The van der Waals surface area contributed by atoms with Gasteiger partial charge in [0.1, 0.15) is 30.5 Å². The van der Waals surface area contributed by atoms with E-state index in [1.807, 2.05) is 0 Å². The SMILES string of the molecule is N[C@]1(S(=O)(=O)O)[C@@H](O)[C@H](O)[C@@H](CO)OC1(O)C1OC(C(=O)O)=C[C@H](O)[C@H]1O. The first kappa shape index (κ1) is 21.9. The molecule has 0 aromatic heterocycles. The second-order valence-electron chi connectivity index (χ2n) is 6.09. The first-order valence-electron chi connectivity index (χ1n) is 7.33. The number of aliphatic hydroxyl groups is 6. The van der Waals surface area contributed by atoms with Crippen LogP contribution in [0.5, 0.6) is 0 Å². The molecule has 2 heterocycles. The van der Waals surface area contributed by atoms with Gasteiger partial charge in [-0.2, -0.15) is 8.42 Å². The molecule has 2 aliphatic rings. The summed E-state index contributed by atoms with van der Waals surface area (Å²) < 4.78 is 42.8. The van der Waals surface area contributed by atoms with Crippen LogP contribution in [0.2, 0.25) is 0 Å². The number of aliphatic carboxylic acids is 1. The van der Waals surface area contributed by atoms with Gasteiger partial charge in [0.25, 0.3) is 10.1 Å². The summed E-state index contributed by atoms with van der Waals surface area (Å²) in [4.78, 5) is 7.41. The Bertz CT molecular complexity index is 740. The predicted molar refractivity (Wildman–Crippen MR) is 80.0 cm³/mol. The van der Waals surface area contributed by atoms with Crippen molar-refractivity contribution in [2.24, 2.45) is 5.73 Å². The second-order valence-corrected chi connectivity index (χ2v) is 7.72. The molecule has 1 fully saturated rings. The molecule has 156 valence electrons. The van der Waals surface area contributed by atoms with E-state index in [1.165, 1.54) is 0 Å². The lowest BCUT2D eigenvalue weighted by Crippen LogP contribution is -2.84. The quantitative estimate of drug-likeness (QED) is 0.193. The lowest BCUT2D eigenvalue weighted by molar-refractivity contribution is -0.368. The Labute approximate surface area is 151 Å². The minimum Gasteiger partial charge on any atom is -0.475 e. The van der Waals surface area contributed by atoms with Gasteiger partial charge >= 0.3 is 5.97 Å². The molecule has 8 atom stereocenters. The Morgan fingerprint density at radius 3 is 2.22 bits per heavy atom. The Hall–Kier alpha value is -1.40. The van der Waals surface area contributed by atoms with E-state index in [2.05, 4.69) is 0 Å². The number of rotatable bonds is 4. The van der Waals surface area contributed by atoms with Gasteiger partial charge in [-0.05, 0) is 6.08 Å². The van der Waals surface area contributed by atoms with Gasteiger partial charge in [-0.25, -0.2) is 4.79 Å². The Balaban J connectivity index is 2.67. The average molecular weight is 417 g/mol. The fraction of sp³-hybridized carbons (Fsp3) is 0.750. The van der Waals surface area contributed by atoms with Crippen molar-refractivity contribution in [3.63, 3.8) is 0 Å². The average Bonchev–Trinajstić information content (AvgIpc) is 2.57. The summed E-state index contributed by atoms with van der Waals surface area (Å²) in [5.41, 5.74) is 5.48. The third-order valence-electron chi connectivity index (χ3n) is 4.47. The van der Waals surface area contributed by atoms with Gasteiger partial charge in [0, 0.05) is 0 Å². The third-order valence-corrected chi connectivity index (χ3v) is 5.86. The minimum absolute atomic E-state index is 0.524. The molecule has 0 spiro atoms. The number of aliphatic hydroxyl groups excluding tert-OH is 5. The fourth-order valence-electron chi connectivity index (χ4n) is 2.95. The molecule has 0 saturated carbocycles. The van der Waals surface area contributed by atoms with Crippen molar-refractivity contribution in [2.75, 3.05) is 6.61 Å². The van der Waals surface area contributed by atoms with Crippen LogP contribution in [0, 0.1) is 0 Å². The van der Waals surface area contributed by atoms with E-state index < -0.39 is 75.7 Å². The maximum atomic E-state index is 11.8. The minimum atomic E-state index is -5.70. The number of hydrogen-bond donors (Lipinski definition) is 9. The smallest absolute Gasteiger partial charge is 0.370 e. The number of hydrogen-bond acceptors (Lipinski definition) is 12. The second kappa shape index (κ2) is 6.89. The lowest BCUT2D eigenvalue weighted by atomic mass is 9.83. The predicted octanol–water partition coefficient (Wildman–Crippen LogP) is -5.58. The zero-order valence-corrected chi connectivity index (χ0v) is 14.2. The molecule has 0 amide bonds. The fourth-order valence-corrected chi connectivity index (χ4v) is 3.92.